The van der Waals surface area contributed by atoms with E-state index in [1.54, 1.807) is 0 Å². The zero-order chi connectivity index (χ0) is 12.3. The van der Waals surface area contributed by atoms with Gasteiger partial charge in [-0.25, -0.2) is 0 Å². The number of rotatable bonds is 4. The Morgan fingerprint density at radius 3 is 2.82 bits per heavy atom. The van der Waals surface area contributed by atoms with E-state index in [4.69, 9.17) is 4.74 Å². The highest BCUT2D eigenvalue weighted by Crippen LogP contribution is 2.22. The molecule has 3 heteroatoms. The summed E-state index contributed by atoms with van der Waals surface area (Å²) in [6, 6.07) is 7.76. The number of nitrogens with one attached hydrogen (secondary N) is 1. The molecule has 1 aromatic heterocycles. The zero-order valence-corrected chi connectivity index (χ0v) is 10.2. The number of aromatic nitrogens is 1. The first-order valence-corrected chi connectivity index (χ1v) is 6.05. The number of H-pyrrole nitrogens is 1. The molecule has 0 unspecified atom stereocenters. The maximum Gasteiger partial charge on any atom is 0.311 e. The molecule has 0 amide bonds. The molecule has 1 heterocycles. The molecule has 0 aliphatic carbocycles. The number of hydrogen-bond donors (Lipinski definition) is 1. The van der Waals surface area contributed by atoms with Crippen LogP contribution in [0.3, 0.4) is 0 Å². The Morgan fingerprint density at radius 2 is 2.12 bits per heavy atom. The van der Waals surface area contributed by atoms with E-state index in [9.17, 15) is 4.79 Å². The zero-order valence-electron chi connectivity index (χ0n) is 10.2. The summed E-state index contributed by atoms with van der Waals surface area (Å²) in [6.45, 7) is 4.07. The van der Waals surface area contributed by atoms with Gasteiger partial charge in [0.15, 0.2) is 0 Å². The van der Waals surface area contributed by atoms with Crippen LogP contribution in [0.15, 0.2) is 24.3 Å². The fraction of sp³-hybridized carbons (Fsp3) is 0.357. The van der Waals surface area contributed by atoms with Crippen molar-refractivity contribution in [1.82, 2.24) is 4.98 Å². The molecular weight excluding hydrogens is 214 g/mol. The molecule has 0 radical (unpaired) electrons. The molecule has 0 fully saturated rings. The number of aromatic amines is 1. The highest BCUT2D eigenvalue weighted by Gasteiger charge is 2.05. The van der Waals surface area contributed by atoms with Crippen molar-refractivity contribution in [3.05, 3.63) is 30.0 Å². The normalized spacial score (nSPS) is 10.7. The van der Waals surface area contributed by atoms with Crippen molar-refractivity contribution in [2.75, 3.05) is 0 Å². The van der Waals surface area contributed by atoms with Crippen LogP contribution in [0.1, 0.15) is 32.4 Å². The average molecular weight is 231 g/mol. The van der Waals surface area contributed by atoms with E-state index in [0.29, 0.717) is 12.2 Å². The molecule has 3 nitrogen and oxygen atoms in total. The van der Waals surface area contributed by atoms with Gasteiger partial charge in [-0.3, -0.25) is 4.79 Å². The predicted molar refractivity (Wildman–Crippen MR) is 68.2 cm³/mol. The summed E-state index contributed by atoms with van der Waals surface area (Å²) in [7, 11) is 0. The minimum atomic E-state index is -0.168. The molecule has 2 aromatic rings. The maximum absolute atomic E-state index is 11.4. The van der Waals surface area contributed by atoms with Crippen LogP contribution in [-0.4, -0.2) is 11.0 Å². The van der Waals surface area contributed by atoms with Crippen LogP contribution in [0, 0.1) is 0 Å². The molecule has 1 aromatic carbocycles. The Morgan fingerprint density at radius 1 is 1.29 bits per heavy atom. The number of carbonyl (C=O) groups is 1. The van der Waals surface area contributed by atoms with E-state index in [-0.39, 0.29) is 5.97 Å². The molecule has 0 spiro atoms. The van der Waals surface area contributed by atoms with Crippen LogP contribution in [0.2, 0.25) is 0 Å². The van der Waals surface area contributed by atoms with Gasteiger partial charge in [0.05, 0.1) is 0 Å². The summed E-state index contributed by atoms with van der Waals surface area (Å²) in [5.74, 6) is 0.454. The molecule has 90 valence electrons. The lowest BCUT2D eigenvalue weighted by Gasteiger charge is -2.02. The summed E-state index contributed by atoms with van der Waals surface area (Å²) < 4.78 is 5.25. The van der Waals surface area contributed by atoms with Crippen LogP contribution in [0.4, 0.5) is 0 Å². The first kappa shape index (κ1) is 11.7. The SMILES string of the molecule is CCCC(=O)Oc1ccc2[nH]c(CC)cc2c1. The maximum atomic E-state index is 11.4. The Labute approximate surface area is 101 Å². The summed E-state index contributed by atoms with van der Waals surface area (Å²) in [5, 5.41) is 1.09. The number of carbonyl (C=O) groups excluding carboxylic acids is 1. The third kappa shape index (κ3) is 2.67. The van der Waals surface area contributed by atoms with Gasteiger partial charge in [-0.15, -0.1) is 0 Å². The number of fused-ring (bicyclic) bond motifs is 1. The minimum Gasteiger partial charge on any atom is -0.427 e. The molecule has 0 saturated heterocycles. The van der Waals surface area contributed by atoms with Crippen molar-refractivity contribution in [2.24, 2.45) is 0 Å². The lowest BCUT2D eigenvalue weighted by atomic mass is 10.2. The smallest absolute Gasteiger partial charge is 0.311 e. The van der Waals surface area contributed by atoms with Gasteiger partial charge < -0.3 is 9.72 Å². The summed E-state index contributed by atoms with van der Waals surface area (Å²) >= 11 is 0. The Hall–Kier alpha value is -1.77. The molecule has 0 bridgehead atoms. The second-order valence-corrected chi connectivity index (χ2v) is 4.12. The number of esters is 1. The monoisotopic (exact) mass is 231 g/mol. The molecule has 0 aliphatic heterocycles. The second kappa shape index (κ2) is 5.04. The number of aryl methyl sites for hydroxylation is 1. The predicted octanol–water partition coefficient (Wildman–Crippen LogP) is 3.44. The second-order valence-electron chi connectivity index (χ2n) is 4.12. The highest BCUT2D eigenvalue weighted by atomic mass is 16.5. The molecule has 2 rings (SSSR count). The lowest BCUT2D eigenvalue weighted by Crippen LogP contribution is -2.06. The molecular formula is C14H17NO2. The largest absolute Gasteiger partial charge is 0.427 e. The molecule has 17 heavy (non-hydrogen) atoms. The number of ether oxygens (including phenoxy) is 1. The topological polar surface area (TPSA) is 42.1 Å². The van der Waals surface area contributed by atoms with Gasteiger partial charge in [0, 0.05) is 23.0 Å². The fourth-order valence-electron chi connectivity index (χ4n) is 1.81. The number of benzene rings is 1. The van der Waals surface area contributed by atoms with Crippen molar-refractivity contribution in [3.8, 4) is 5.75 Å². The van der Waals surface area contributed by atoms with Gasteiger partial charge in [-0.2, -0.15) is 0 Å². The van der Waals surface area contributed by atoms with E-state index in [1.165, 1.54) is 5.69 Å². The average Bonchev–Trinajstić information content (AvgIpc) is 2.71. The van der Waals surface area contributed by atoms with Gasteiger partial charge in [-0.05, 0) is 37.1 Å². The van der Waals surface area contributed by atoms with Gasteiger partial charge in [0.25, 0.3) is 0 Å². The van der Waals surface area contributed by atoms with Gasteiger partial charge in [0.1, 0.15) is 5.75 Å². The highest BCUT2D eigenvalue weighted by molar-refractivity contribution is 5.83. The Balaban J connectivity index is 2.21. The summed E-state index contributed by atoms with van der Waals surface area (Å²) in [4.78, 5) is 14.7. The van der Waals surface area contributed by atoms with Gasteiger partial charge >= 0.3 is 5.97 Å². The first-order chi connectivity index (χ1) is 8.22. The molecule has 1 N–H and O–H groups in total. The van der Waals surface area contributed by atoms with E-state index >= 15 is 0 Å². The standard InChI is InChI=1S/C14H17NO2/c1-3-5-14(16)17-12-6-7-13-10(9-12)8-11(4-2)15-13/h6-9,15H,3-5H2,1-2H3. The third-order valence-corrected chi connectivity index (χ3v) is 2.71. The lowest BCUT2D eigenvalue weighted by molar-refractivity contribution is -0.134. The van der Waals surface area contributed by atoms with Crippen LogP contribution in [0.25, 0.3) is 10.9 Å². The summed E-state index contributed by atoms with van der Waals surface area (Å²) in [6.07, 6.45) is 2.25. The molecule has 0 saturated carbocycles. The van der Waals surface area contributed by atoms with E-state index in [0.717, 1.165) is 23.7 Å². The van der Waals surface area contributed by atoms with Crippen molar-refractivity contribution >= 4 is 16.9 Å². The Kier molecular flexibility index (Phi) is 3.47. The van der Waals surface area contributed by atoms with Crippen molar-refractivity contribution in [2.45, 2.75) is 33.1 Å². The number of hydrogen-bond acceptors (Lipinski definition) is 2. The van der Waals surface area contributed by atoms with Gasteiger partial charge in [0.2, 0.25) is 0 Å². The fourth-order valence-corrected chi connectivity index (χ4v) is 1.81. The minimum absolute atomic E-state index is 0.168. The van der Waals surface area contributed by atoms with E-state index in [1.807, 2.05) is 25.1 Å². The van der Waals surface area contributed by atoms with Crippen LogP contribution >= 0.6 is 0 Å². The van der Waals surface area contributed by atoms with Crippen molar-refractivity contribution in [3.63, 3.8) is 0 Å². The quantitative estimate of drug-likeness (QED) is 0.647. The van der Waals surface area contributed by atoms with Crippen LogP contribution in [-0.2, 0) is 11.2 Å². The first-order valence-electron chi connectivity index (χ1n) is 6.05. The van der Waals surface area contributed by atoms with Crippen molar-refractivity contribution < 1.29 is 9.53 Å². The summed E-state index contributed by atoms with van der Waals surface area (Å²) in [5.41, 5.74) is 2.27. The molecule has 0 atom stereocenters. The van der Waals surface area contributed by atoms with E-state index < -0.39 is 0 Å². The Bertz CT molecular complexity index is 528. The van der Waals surface area contributed by atoms with Gasteiger partial charge in [-0.1, -0.05) is 13.8 Å². The third-order valence-electron chi connectivity index (χ3n) is 2.71. The van der Waals surface area contributed by atoms with Crippen LogP contribution in [0.5, 0.6) is 5.75 Å². The van der Waals surface area contributed by atoms with Crippen molar-refractivity contribution in [1.29, 1.82) is 0 Å². The molecule has 0 aliphatic rings. The van der Waals surface area contributed by atoms with Crippen LogP contribution < -0.4 is 4.74 Å². The van der Waals surface area contributed by atoms with E-state index in [2.05, 4.69) is 18.0 Å².